The molecule has 0 radical (unpaired) electrons. The molecule has 0 spiro atoms. The molecule has 0 saturated heterocycles. The molecule has 21 heavy (non-hydrogen) atoms. The fraction of sp³-hybridized carbons (Fsp3) is 0.438. The van der Waals surface area contributed by atoms with Crippen LogP contribution >= 0.6 is 0 Å². The second kappa shape index (κ2) is 5.68. The summed E-state index contributed by atoms with van der Waals surface area (Å²) >= 11 is 0. The largest absolute Gasteiger partial charge is 0.496 e. The fourth-order valence-electron chi connectivity index (χ4n) is 2.79. The van der Waals surface area contributed by atoms with E-state index in [2.05, 4.69) is 10.8 Å². The SMILES string of the molecule is COc1cc(OC)c(-c2cn3c(n2)CCCC3)c(OC)c1. The van der Waals surface area contributed by atoms with Crippen LogP contribution < -0.4 is 14.2 Å². The summed E-state index contributed by atoms with van der Waals surface area (Å²) in [6.45, 7) is 1.03. The first-order chi connectivity index (χ1) is 10.3. The molecular formula is C16H20N2O3. The molecule has 0 saturated carbocycles. The molecule has 0 bridgehead atoms. The predicted molar refractivity (Wildman–Crippen MR) is 80.3 cm³/mol. The molecule has 5 nitrogen and oxygen atoms in total. The molecule has 2 aromatic rings. The highest BCUT2D eigenvalue weighted by Gasteiger charge is 2.20. The van der Waals surface area contributed by atoms with Gasteiger partial charge in [-0.15, -0.1) is 0 Å². The molecule has 2 heterocycles. The van der Waals surface area contributed by atoms with Crippen molar-refractivity contribution in [2.24, 2.45) is 0 Å². The van der Waals surface area contributed by atoms with E-state index in [0.29, 0.717) is 17.2 Å². The number of methoxy groups -OCH3 is 3. The minimum atomic E-state index is 0.705. The molecule has 5 heteroatoms. The highest BCUT2D eigenvalue weighted by atomic mass is 16.5. The quantitative estimate of drug-likeness (QED) is 0.868. The Kier molecular flexibility index (Phi) is 3.73. The van der Waals surface area contributed by atoms with Crippen molar-refractivity contribution in [2.45, 2.75) is 25.8 Å². The van der Waals surface area contributed by atoms with Gasteiger partial charge >= 0.3 is 0 Å². The summed E-state index contributed by atoms with van der Waals surface area (Å²) in [5.74, 6) is 3.26. The van der Waals surface area contributed by atoms with Crippen molar-refractivity contribution in [1.82, 2.24) is 9.55 Å². The van der Waals surface area contributed by atoms with Gasteiger partial charge in [-0.3, -0.25) is 0 Å². The third kappa shape index (κ3) is 2.44. The van der Waals surface area contributed by atoms with Crippen molar-refractivity contribution in [3.63, 3.8) is 0 Å². The Bertz CT molecular complexity index is 600. The van der Waals surface area contributed by atoms with Crippen LogP contribution in [0.15, 0.2) is 18.3 Å². The first kappa shape index (κ1) is 13.8. The van der Waals surface area contributed by atoms with Crippen molar-refractivity contribution in [3.05, 3.63) is 24.2 Å². The molecule has 1 aromatic carbocycles. The molecule has 1 aliphatic rings. The van der Waals surface area contributed by atoms with Crippen LogP contribution in [0.5, 0.6) is 17.2 Å². The first-order valence-corrected chi connectivity index (χ1v) is 7.13. The zero-order valence-electron chi connectivity index (χ0n) is 12.7. The maximum absolute atomic E-state index is 5.51. The van der Waals surface area contributed by atoms with Crippen LogP contribution in [-0.2, 0) is 13.0 Å². The lowest BCUT2D eigenvalue weighted by molar-refractivity contribution is 0.377. The predicted octanol–water partition coefficient (Wildman–Crippen LogP) is 2.91. The molecule has 1 aromatic heterocycles. The summed E-state index contributed by atoms with van der Waals surface area (Å²) in [5.41, 5.74) is 1.77. The van der Waals surface area contributed by atoms with Gasteiger partial charge in [0.2, 0.25) is 0 Å². The van der Waals surface area contributed by atoms with Gasteiger partial charge in [0.05, 0.1) is 32.6 Å². The highest BCUT2D eigenvalue weighted by Crippen LogP contribution is 2.41. The van der Waals surface area contributed by atoms with Crippen LogP contribution in [0.25, 0.3) is 11.3 Å². The Morgan fingerprint density at radius 1 is 1.00 bits per heavy atom. The Labute approximate surface area is 124 Å². The molecule has 0 N–H and O–H groups in total. The average Bonchev–Trinajstić information content (AvgIpc) is 2.96. The van der Waals surface area contributed by atoms with Crippen molar-refractivity contribution < 1.29 is 14.2 Å². The van der Waals surface area contributed by atoms with Crippen LogP contribution in [0.1, 0.15) is 18.7 Å². The van der Waals surface area contributed by atoms with Crippen LogP contribution in [0.4, 0.5) is 0 Å². The number of hydrogen-bond donors (Lipinski definition) is 0. The summed E-state index contributed by atoms with van der Waals surface area (Å²) in [6, 6.07) is 3.71. The van der Waals surface area contributed by atoms with E-state index in [0.717, 1.165) is 30.0 Å². The molecule has 112 valence electrons. The lowest BCUT2D eigenvalue weighted by Crippen LogP contribution is -2.08. The van der Waals surface area contributed by atoms with E-state index in [1.54, 1.807) is 21.3 Å². The maximum Gasteiger partial charge on any atom is 0.135 e. The van der Waals surface area contributed by atoms with Crippen LogP contribution in [0.3, 0.4) is 0 Å². The summed E-state index contributed by atoms with van der Waals surface area (Å²) in [5, 5.41) is 0. The number of benzene rings is 1. The van der Waals surface area contributed by atoms with E-state index >= 15 is 0 Å². The van der Waals surface area contributed by atoms with Gasteiger partial charge in [0.1, 0.15) is 23.1 Å². The lowest BCUT2D eigenvalue weighted by atomic mass is 10.1. The highest BCUT2D eigenvalue weighted by molar-refractivity contribution is 5.75. The van der Waals surface area contributed by atoms with Crippen molar-refractivity contribution >= 4 is 0 Å². The second-order valence-electron chi connectivity index (χ2n) is 5.10. The second-order valence-corrected chi connectivity index (χ2v) is 5.10. The normalized spacial score (nSPS) is 13.7. The van der Waals surface area contributed by atoms with E-state index in [1.165, 1.54) is 12.8 Å². The number of fused-ring (bicyclic) bond motifs is 1. The van der Waals surface area contributed by atoms with Crippen molar-refractivity contribution in [3.8, 4) is 28.5 Å². The third-order valence-corrected chi connectivity index (χ3v) is 3.88. The minimum absolute atomic E-state index is 0.705. The Morgan fingerprint density at radius 2 is 1.71 bits per heavy atom. The Balaban J connectivity index is 2.14. The van der Waals surface area contributed by atoms with Gasteiger partial charge in [-0.2, -0.15) is 0 Å². The minimum Gasteiger partial charge on any atom is -0.496 e. The zero-order chi connectivity index (χ0) is 14.8. The number of ether oxygens (including phenoxy) is 3. The van der Waals surface area contributed by atoms with Gasteiger partial charge < -0.3 is 18.8 Å². The number of imidazole rings is 1. The van der Waals surface area contributed by atoms with E-state index in [1.807, 2.05) is 12.1 Å². The topological polar surface area (TPSA) is 45.5 Å². The van der Waals surface area contributed by atoms with Crippen LogP contribution in [0, 0.1) is 0 Å². The summed E-state index contributed by atoms with van der Waals surface area (Å²) in [4.78, 5) is 4.76. The maximum atomic E-state index is 5.51. The number of nitrogens with zero attached hydrogens (tertiary/aromatic N) is 2. The average molecular weight is 288 g/mol. The smallest absolute Gasteiger partial charge is 0.135 e. The van der Waals surface area contributed by atoms with Gasteiger partial charge in [-0.1, -0.05) is 0 Å². The molecule has 0 aliphatic carbocycles. The van der Waals surface area contributed by atoms with Gasteiger partial charge in [-0.25, -0.2) is 4.98 Å². The van der Waals surface area contributed by atoms with E-state index < -0.39 is 0 Å². The molecule has 0 atom stereocenters. The number of hydrogen-bond acceptors (Lipinski definition) is 4. The molecular weight excluding hydrogens is 268 g/mol. The number of aromatic nitrogens is 2. The molecule has 3 rings (SSSR count). The van der Waals surface area contributed by atoms with Crippen molar-refractivity contribution in [2.75, 3.05) is 21.3 Å². The van der Waals surface area contributed by atoms with E-state index in [4.69, 9.17) is 19.2 Å². The summed E-state index contributed by atoms with van der Waals surface area (Å²) < 4.78 is 18.5. The summed E-state index contributed by atoms with van der Waals surface area (Å²) in [6.07, 6.45) is 5.52. The summed E-state index contributed by atoms with van der Waals surface area (Å²) in [7, 11) is 4.92. The van der Waals surface area contributed by atoms with Gasteiger partial charge in [0, 0.05) is 31.3 Å². The Morgan fingerprint density at radius 3 is 2.29 bits per heavy atom. The lowest BCUT2D eigenvalue weighted by Gasteiger charge is -2.13. The molecule has 0 fully saturated rings. The van der Waals surface area contributed by atoms with E-state index in [-0.39, 0.29) is 0 Å². The number of aryl methyl sites for hydroxylation is 2. The third-order valence-electron chi connectivity index (χ3n) is 3.88. The van der Waals surface area contributed by atoms with Gasteiger partial charge in [0.25, 0.3) is 0 Å². The van der Waals surface area contributed by atoms with Crippen molar-refractivity contribution in [1.29, 1.82) is 0 Å². The fourth-order valence-corrected chi connectivity index (χ4v) is 2.79. The van der Waals surface area contributed by atoms with Gasteiger partial charge in [-0.05, 0) is 12.8 Å². The number of rotatable bonds is 4. The molecule has 0 unspecified atom stereocenters. The Hall–Kier alpha value is -2.17. The van der Waals surface area contributed by atoms with Crippen LogP contribution in [-0.4, -0.2) is 30.9 Å². The monoisotopic (exact) mass is 288 g/mol. The van der Waals surface area contributed by atoms with E-state index in [9.17, 15) is 0 Å². The standard InChI is InChI=1S/C16H20N2O3/c1-19-11-8-13(20-2)16(14(9-11)21-3)12-10-18-7-5-4-6-15(18)17-12/h8-10H,4-7H2,1-3H3. The zero-order valence-corrected chi connectivity index (χ0v) is 12.7. The van der Waals surface area contributed by atoms with Gasteiger partial charge in [0.15, 0.2) is 0 Å². The molecule has 0 amide bonds. The van der Waals surface area contributed by atoms with Crippen LogP contribution in [0.2, 0.25) is 0 Å². The first-order valence-electron chi connectivity index (χ1n) is 7.13. The molecule has 1 aliphatic heterocycles.